The van der Waals surface area contributed by atoms with Gasteiger partial charge in [-0.3, -0.25) is 4.79 Å². The van der Waals surface area contributed by atoms with Crippen molar-refractivity contribution < 1.29 is 13.6 Å². The van der Waals surface area contributed by atoms with Crippen LogP contribution in [0, 0.1) is 18.6 Å². The molecule has 0 bridgehead atoms. The van der Waals surface area contributed by atoms with Gasteiger partial charge in [-0.25, -0.2) is 13.8 Å². The molecule has 0 fully saturated rings. The number of hydrogen-bond acceptors (Lipinski definition) is 3. The number of hydrogen-bond donors (Lipinski definition) is 0. The molecule has 1 aromatic carbocycles. The molecule has 2 aromatic rings. The minimum Gasteiger partial charge on any atom is -0.293 e. The second-order valence-corrected chi connectivity index (χ2v) is 5.75. The summed E-state index contributed by atoms with van der Waals surface area (Å²) in [6.07, 6.45) is 1.12. The number of benzene rings is 1. The van der Waals surface area contributed by atoms with E-state index in [-0.39, 0.29) is 22.2 Å². The Hall–Kier alpha value is -1.14. The number of thiazole rings is 1. The summed E-state index contributed by atoms with van der Waals surface area (Å²) in [4.78, 5) is 16.2. The van der Waals surface area contributed by atoms with Gasteiger partial charge in [-0.2, -0.15) is 0 Å². The van der Waals surface area contributed by atoms with Gasteiger partial charge in [-0.05, 0) is 35.0 Å². The normalized spacial score (nSPS) is 10.7. The maximum absolute atomic E-state index is 13.7. The average Bonchev–Trinajstić information content (AvgIpc) is 2.76. The lowest BCUT2D eigenvalue weighted by Gasteiger charge is -2.04. The minimum atomic E-state index is -0.732. The zero-order valence-electron chi connectivity index (χ0n) is 9.34. The molecule has 2 nitrogen and oxygen atoms in total. The van der Waals surface area contributed by atoms with Crippen molar-refractivity contribution in [3.05, 3.63) is 49.9 Å². The van der Waals surface area contributed by atoms with E-state index in [1.165, 1.54) is 23.6 Å². The summed E-state index contributed by atoms with van der Waals surface area (Å²) in [5.41, 5.74) is -0.222. The summed E-state index contributed by atoms with van der Waals surface area (Å²) in [7, 11) is 0. The molecular weight excluding hydrogens is 324 g/mol. The highest BCUT2D eigenvalue weighted by atomic mass is 79.9. The molecule has 6 heteroatoms. The second-order valence-electron chi connectivity index (χ2n) is 3.67. The van der Waals surface area contributed by atoms with Crippen LogP contribution in [0.2, 0.25) is 0 Å². The van der Waals surface area contributed by atoms with Crippen molar-refractivity contribution in [3.8, 4) is 0 Å². The van der Waals surface area contributed by atoms with Crippen molar-refractivity contribution in [2.75, 3.05) is 0 Å². The molecule has 18 heavy (non-hydrogen) atoms. The molecule has 0 spiro atoms. The van der Waals surface area contributed by atoms with Gasteiger partial charge in [0.15, 0.2) is 5.78 Å². The van der Waals surface area contributed by atoms with E-state index in [4.69, 9.17) is 0 Å². The van der Waals surface area contributed by atoms with E-state index in [0.29, 0.717) is 4.88 Å². The molecule has 0 saturated carbocycles. The molecular formula is C12H8BrF2NOS. The third-order valence-electron chi connectivity index (χ3n) is 2.37. The summed E-state index contributed by atoms with van der Waals surface area (Å²) >= 11 is 4.18. The third kappa shape index (κ3) is 2.64. The first-order valence-electron chi connectivity index (χ1n) is 5.07. The SMILES string of the molecule is Cc1ncc(C(=O)Cc2c(F)ccc(Br)c2F)s1. The van der Waals surface area contributed by atoms with E-state index < -0.39 is 11.6 Å². The number of ketones is 1. The number of aromatic nitrogens is 1. The Bertz CT molecular complexity index is 612. The number of halogens is 3. The lowest BCUT2D eigenvalue weighted by atomic mass is 10.1. The number of carbonyl (C=O) groups is 1. The van der Waals surface area contributed by atoms with E-state index in [1.807, 2.05) is 0 Å². The zero-order valence-corrected chi connectivity index (χ0v) is 11.7. The highest BCUT2D eigenvalue weighted by Crippen LogP contribution is 2.23. The van der Waals surface area contributed by atoms with E-state index in [1.54, 1.807) is 6.92 Å². The summed E-state index contributed by atoms with van der Waals surface area (Å²) in [6.45, 7) is 1.77. The van der Waals surface area contributed by atoms with Gasteiger partial charge in [0.25, 0.3) is 0 Å². The first kappa shape index (κ1) is 13.3. The molecule has 0 aliphatic carbocycles. The van der Waals surface area contributed by atoms with E-state index in [9.17, 15) is 13.6 Å². The fourth-order valence-electron chi connectivity index (χ4n) is 1.47. The molecule has 0 saturated heterocycles. The number of carbonyl (C=O) groups excluding carboxylic acids is 1. The van der Waals surface area contributed by atoms with E-state index >= 15 is 0 Å². The summed E-state index contributed by atoms with van der Waals surface area (Å²) in [6, 6.07) is 2.41. The number of rotatable bonds is 3. The van der Waals surface area contributed by atoms with Crippen LogP contribution in [-0.4, -0.2) is 10.8 Å². The molecule has 0 aliphatic heterocycles. The van der Waals surface area contributed by atoms with Crippen LogP contribution in [0.1, 0.15) is 20.2 Å². The predicted octanol–water partition coefficient (Wildman–Crippen LogP) is 3.92. The lowest BCUT2D eigenvalue weighted by molar-refractivity contribution is 0.0994. The van der Waals surface area contributed by atoms with Gasteiger partial charge in [-0.15, -0.1) is 11.3 Å². The quantitative estimate of drug-likeness (QED) is 0.630. The Morgan fingerprint density at radius 3 is 2.78 bits per heavy atom. The fraction of sp³-hybridized carbons (Fsp3) is 0.167. The molecule has 1 aromatic heterocycles. The summed E-state index contributed by atoms with van der Waals surface area (Å²) in [5.74, 6) is -1.79. The van der Waals surface area contributed by atoms with Gasteiger partial charge in [-0.1, -0.05) is 0 Å². The van der Waals surface area contributed by atoms with Crippen LogP contribution in [0.5, 0.6) is 0 Å². The van der Waals surface area contributed by atoms with Crippen LogP contribution < -0.4 is 0 Å². The van der Waals surface area contributed by atoms with E-state index in [0.717, 1.165) is 11.1 Å². The predicted molar refractivity (Wildman–Crippen MR) is 68.9 cm³/mol. The monoisotopic (exact) mass is 331 g/mol. The van der Waals surface area contributed by atoms with Gasteiger partial charge < -0.3 is 0 Å². The van der Waals surface area contributed by atoms with Crippen LogP contribution in [0.15, 0.2) is 22.8 Å². The number of Topliss-reactive ketones (excluding diaryl/α,β-unsaturated/α-hetero) is 1. The maximum Gasteiger partial charge on any atom is 0.178 e. The molecule has 0 N–H and O–H groups in total. The molecule has 0 unspecified atom stereocenters. The van der Waals surface area contributed by atoms with E-state index in [2.05, 4.69) is 20.9 Å². The third-order valence-corrected chi connectivity index (χ3v) is 3.94. The van der Waals surface area contributed by atoms with Crippen LogP contribution in [0.3, 0.4) is 0 Å². The van der Waals surface area contributed by atoms with Crippen LogP contribution >= 0.6 is 27.3 Å². The smallest absolute Gasteiger partial charge is 0.178 e. The highest BCUT2D eigenvalue weighted by molar-refractivity contribution is 9.10. The second kappa shape index (κ2) is 5.24. The highest BCUT2D eigenvalue weighted by Gasteiger charge is 2.18. The molecule has 0 aliphatic rings. The van der Waals surface area contributed by atoms with Crippen molar-refractivity contribution in [2.24, 2.45) is 0 Å². The molecule has 0 amide bonds. The van der Waals surface area contributed by atoms with Crippen LogP contribution in [0.25, 0.3) is 0 Å². The van der Waals surface area contributed by atoms with Crippen molar-refractivity contribution in [3.63, 3.8) is 0 Å². The van der Waals surface area contributed by atoms with Crippen molar-refractivity contribution >= 4 is 33.0 Å². The Kier molecular flexibility index (Phi) is 3.87. The minimum absolute atomic E-state index is 0.146. The molecule has 1 heterocycles. The van der Waals surface area contributed by atoms with Gasteiger partial charge >= 0.3 is 0 Å². The summed E-state index contributed by atoms with van der Waals surface area (Å²) in [5, 5.41) is 0.744. The Labute approximate surface area is 115 Å². The molecule has 0 radical (unpaired) electrons. The number of nitrogens with zero attached hydrogens (tertiary/aromatic N) is 1. The summed E-state index contributed by atoms with van der Waals surface area (Å²) < 4.78 is 27.3. The van der Waals surface area contributed by atoms with Gasteiger partial charge in [0.2, 0.25) is 0 Å². The van der Waals surface area contributed by atoms with Crippen molar-refractivity contribution in [1.29, 1.82) is 0 Å². The van der Waals surface area contributed by atoms with Gasteiger partial charge in [0.1, 0.15) is 11.6 Å². The Balaban J connectivity index is 2.30. The van der Waals surface area contributed by atoms with Gasteiger partial charge in [0.05, 0.1) is 14.4 Å². The Morgan fingerprint density at radius 1 is 1.44 bits per heavy atom. The van der Waals surface area contributed by atoms with Crippen LogP contribution in [-0.2, 0) is 6.42 Å². The first-order chi connectivity index (χ1) is 8.49. The van der Waals surface area contributed by atoms with Crippen molar-refractivity contribution in [1.82, 2.24) is 4.98 Å². The van der Waals surface area contributed by atoms with Crippen LogP contribution in [0.4, 0.5) is 8.78 Å². The molecule has 0 atom stereocenters. The fourth-order valence-corrected chi connectivity index (χ4v) is 2.56. The first-order valence-corrected chi connectivity index (χ1v) is 6.68. The maximum atomic E-state index is 13.7. The molecule has 94 valence electrons. The lowest BCUT2D eigenvalue weighted by Crippen LogP contribution is -2.06. The van der Waals surface area contributed by atoms with Crippen molar-refractivity contribution in [2.45, 2.75) is 13.3 Å². The zero-order chi connectivity index (χ0) is 13.3. The Morgan fingerprint density at radius 2 is 2.17 bits per heavy atom. The topological polar surface area (TPSA) is 30.0 Å². The standard InChI is InChI=1S/C12H8BrF2NOS/c1-6-16-5-11(18-6)10(17)4-7-9(14)3-2-8(13)12(7)15/h2-3,5H,4H2,1H3. The van der Waals surface area contributed by atoms with Gasteiger partial charge in [0, 0.05) is 18.2 Å². The largest absolute Gasteiger partial charge is 0.293 e. The average molecular weight is 332 g/mol. The molecule has 2 rings (SSSR count). The number of aryl methyl sites for hydroxylation is 1.